The zero-order valence-electron chi connectivity index (χ0n) is 12.1. The van der Waals surface area contributed by atoms with E-state index in [9.17, 15) is 0 Å². The highest BCUT2D eigenvalue weighted by atomic mass is 16.5. The van der Waals surface area contributed by atoms with Gasteiger partial charge < -0.3 is 9.72 Å². The van der Waals surface area contributed by atoms with Crippen LogP contribution in [0.1, 0.15) is 58.2 Å². The van der Waals surface area contributed by atoms with Crippen LogP contribution in [-0.4, -0.2) is 21.6 Å². The Morgan fingerprint density at radius 3 is 2.47 bits per heavy atom. The Kier molecular flexibility index (Phi) is 4.77. The molecule has 19 heavy (non-hydrogen) atoms. The van der Waals surface area contributed by atoms with Gasteiger partial charge in [0.25, 0.3) is 0 Å². The Balaban J connectivity index is 2.28. The van der Waals surface area contributed by atoms with Crippen molar-refractivity contribution in [2.45, 2.75) is 52.4 Å². The monoisotopic (exact) mass is 261 g/mol. The minimum atomic E-state index is 0.514. The van der Waals surface area contributed by atoms with Crippen molar-refractivity contribution in [2.75, 3.05) is 6.61 Å². The molecule has 2 aromatic heterocycles. The third-order valence-corrected chi connectivity index (χ3v) is 3.29. The van der Waals surface area contributed by atoms with Crippen molar-refractivity contribution in [1.29, 1.82) is 0 Å². The van der Waals surface area contributed by atoms with Crippen LogP contribution in [0.4, 0.5) is 0 Å². The zero-order valence-corrected chi connectivity index (χ0v) is 12.1. The van der Waals surface area contributed by atoms with Crippen molar-refractivity contribution in [3.05, 3.63) is 18.0 Å². The Bertz CT molecular complexity index is 515. The molecule has 0 saturated heterocycles. The average Bonchev–Trinajstić information content (AvgIpc) is 2.82. The maximum atomic E-state index is 5.41. The van der Waals surface area contributed by atoms with E-state index in [0.717, 1.165) is 17.0 Å². The lowest BCUT2D eigenvalue weighted by molar-refractivity contribution is 0.328. The Morgan fingerprint density at radius 2 is 1.84 bits per heavy atom. The normalized spacial score (nSPS) is 11.4. The van der Waals surface area contributed by atoms with Crippen molar-refractivity contribution in [3.63, 3.8) is 0 Å². The first kappa shape index (κ1) is 13.8. The van der Waals surface area contributed by atoms with Crippen molar-refractivity contribution in [2.24, 2.45) is 0 Å². The molecule has 0 spiro atoms. The van der Waals surface area contributed by atoms with Crippen molar-refractivity contribution < 1.29 is 4.74 Å². The molecule has 4 nitrogen and oxygen atoms in total. The molecule has 104 valence electrons. The van der Waals surface area contributed by atoms with Gasteiger partial charge in [-0.05, 0) is 25.8 Å². The molecule has 0 atom stereocenters. The summed E-state index contributed by atoms with van der Waals surface area (Å²) in [6.07, 6.45) is 4.70. The molecule has 0 saturated carbocycles. The van der Waals surface area contributed by atoms with Gasteiger partial charge in [-0.1, -0.05) is 26.7 Å². The van der Waals surface area contributed by atoms with Gasteiger partial charge in [0.05, 0.1) is 12.1 Å². The molecule has 4 heteroatoms. The van der Waals surface area contributed by atoms with E-state index in [2.05, 4.69) is 28.8 Å². The standard InChI is InChI=1S/C15H23N3O/c1-4-7-11(8-5-2)14-16-12-9-10-13(19-6-3)17-15(12)18-14/h9-11H,4-8H2,1-3H3,(H,16,17,18). The van der Waals surface area contributed by atoms with E-state index < -0.39 is 0 Å². The van der Waals surface area contributed by atoms with Gasteiger partial charge in [0.15, 0.2) is 5.65 Å². The van der Waals surface area contributed by atoms with Gasteiger partial charge in [-0.15, -0.1) is 0 Å². The molecule has 0 unspecified atom stereocenters. The van der Waals surface area contributed by atoms with Crippen LogP contribution in [0.3, 0.4) is 0 Å². The first-order valence-electron chi connectivity index (χ1n) is 7.27. The number of rotatable bonds is 7. The second-order valence-corrected chi connectivity index (χ2v) is 4.85. The number of hydrogen-bond donors (Lipinski definition) is 1. The Labute approximate surface area is 114 Å². The first-order chi connectivity index (χ1) is 9.28. The quantitative estimate of drug-likeness (QED) is 0.818. The van der Waals surface area contributed by atoms with E-state index in [1.165, 1.54) is 25.7 Å². The van der Waals surface area contributed by atoms with Crippen LogP contribution >= 0.6 is 0 Å². The summed E-state index contributed by atoms with van der Waals surface area (Å²) in [4.78, 5) is 12.5. The second kappa shape index (κ2) is 6.55. The molecule has 0 aliphatic heterocycles. The average molecular weight is 261 g/mol. The number of fused-ring (bicyclic) bond motifs is 1. The maximum absolute atomic E-state index is 5.41. The van der Waals surface area contributed by atoms with Crippen LogP contribution in [0.15, 0.2) is 12.1 Å². The number of hydrogen-bond acceptors (Lipinski definition) is 3. The summed E-state index contributed by atoms with van der Waals surface area (Å²) >= 11 is 0. The topological polar surface area (TPSA) is 50.8 Å². The molecule has 0 fully saturated rings. The van der Waals surface area contributed by atoms with Crippen LogP contribution in [0.2, 0.25) is 0 Å². The number of aromatic amines is 1. The fourth-order valence-corrected chi connectivity index (χ4v) is 2.43. The molecular formula is C15H23N3O. The molecular weight excluding hydrogens is 238 g/mol. The molecule has 0 aromatic carbocycles. The number of ether oxygens (including phenoxy) is 1. The van der Waals surface area contributed by atoms with Crippen molar-refractivity contribution in [3.8, 4) is 5.88 Å². The third kappa shape index (κ3) is 3.25. The van der Waals surface area contributed by atoms with E-state index >= 15 is 0 Å². The third-order valence-electron chi connectivity index (χ3n) is 3.29. The fraction of sp³-hybridized carbons (Fsp3) is 0.600. The van der Waals surface area contributed by atoms with Crippen molar-refractivity contribution in [1.82, 2.24) is 15.0 Å². The highest BCUT2D eigenvalue weighted by molar-refractivity contribution is 5.71. The lowest BCUT2D eigenvalue weighted by Gasteiger charge is -2.11. The summed E-state index contributed by atoms with van der Waals surface area (Å²) in [5.41, 5.74) is 1.76. The zero-order chi connectivity index (χ0) is 13.7. The molecule has 0 aliphatic carbocycles. The first-order valence-corrected chi connectivity index (χ1v) is 7.27. The van der Waals surface area contributed by atoms with Crippen LogP contribution in [0.25, 0.3) is 11.2 Å². The van der Waals surface area contributed by atoms with Crippen molar-refractivity contribution >= 4 is 11.2 Å². The van der Waals surface area contributed by atoms with Crippen LogP contribution in [0.5, 0.6) is 5.88 Å². The number of aromatic nitrogens is 3. The SMILES string of the molecule is CCCC(CCC)c1nc2nc(OCC)ccc2[nH]1. The van der Waals surface area contributed by atoms with Gasteiger partial charge in [-0.3, -0.25) is 0 Å². The summed E-state index contributed by atoms with van der Waals surface area (Å²) in [7, 11) is 0. The molecule has 0 aliphatic rings. The molecule has 0 bridgehead atoms. The number of pyridine rings is 1. The summed E-state index contributed by atoms with van der Waals surface area (Å²) < 4.78 is 5.41. The Morgan fingerprint density at radius 1 is 1.11 bits per heavy atom. The summed E-state index contributed by atoms with van der Waals surface area (Å²) in [6, 6.07) is 3.89. The van der Waals surface area contributed by atoms with Gasteiger partial charge >= 0.3 is 0 Å². The maximum Gasteiger partial charge on any atom is 0.215 e. The number of imidazole rings is 1. The Hall–Kier alpha value is -1.58. The van der Waals surface area contributed by atoms with E-state index in [-0.39, 0.29) is 0 Å². The van der Waals surface area contributed by atoms with Crippen LogP contribution in [-0.2, 0) is 0 Å². The second-order valence-electron chi connectivity index (χ2n) is 4.85. The van der Waals surface area contributed by atoms with E-state index in [1.54, 1.807) is 0 Å². The van der Waals surface area contributed by atoms with Gasteiger partial charge in [0, 0.05) is 12.0 Å². The highest BCUT2D eigenvalue weighted by Crippen LogP contribution is 2.26. The summed E-state index contributed by atoms with van der Waals surface area (Å²) in [6.45, 7) is 7.03. The molecule has 1 N–H and O–H groups in total. The van der Waals surface area contributed by atoms with E-state index in [1.807, 2.05) is 19.1 Å². The van der Waals surface area contributed by atoms with Gasteiger partial charge in [0.2, 0.25) is 5.88 Å². The molecule has 0 radical (unpaired) electrons. The lowest BCUT2D eigenvalue weighted by atomic mass is 9.98. The van der Waals surface area contributed by atoms with E-state index in [0.29, 0.717) is 18.4 Å². The molecule has 2 aromatic rings. The number of nitrogens with one attached hydrogen (secondary N) is 1. The lowest BCUT2D eigenvalue weighted by Crippen LogP contribution is -2.00. The summed E-state index contributed by atoms with van der Waals surface area (Å²) in [5, 5.41) is 0. The fourth-order valence-electron chi connectivity index (χ4n) is 2.43. The smallest absolute Gasteiger partial charge is 0.215 e. The van der Waals surface area contributed by atoms with E-state index in [4.69, 9.17) is 4.74 Å². The predicted molar refractivity (Wildman–Crippen MR) is 77.6 cm³/mol. The number of H-pyrrole nitrogens is 1. The highest BCUT2D eigenvalue weighted by Gasteiger charge is 2.15. The van der Waals surface area contributed by atoms with Crippen LogP contribution in [0, 0.1) is 0 Å². The molecule has 2 rings (SSSR count). The number of nitrogens with zero attached hydrogens (tertiary/aromatic N) is 2. The molecule has 2 heterocycles. The van der Waals surface area contributed by atoms with Gasteiger partial charge in [0.1, 0.15) is 5.82 Å². The largest absolute Gasteiger partial charge is 0.478 e. The minimum absolute atomic E-state index is 0.514. The minimum Gasteiger partial charge on any atom is -0.478 e. The molecule has 0 amide bonds. The van der Waals surface area contributed by atoms with Gasteiger partial charge in [-0.2, -0.15) is 4.98 Å². The summed E-state index contributed by atoms with van der Waals surface area (Å²) in [5.74, 6) is 2.23. The predicted octanol–water partition coefficient (Wildman–Crippen LogP) is 4.04. The van der Waals surface area contributed by atoms with Crippen LogP contribution < -0.4 is 4.74 Å². The van der Waals surface area contributed by atoms with Gasteiger partial charge in [-0.25, -0.2) is 4.98 Å².